The number of fused-ring (bicyclic) bond motifs is 1. The second kappa shape index (κ2) is 8.22. The number of benzene rings is 1. The van der Waals surface area contributed by atoms with Crippen LogP contribution in [0.2, 0.25) is 10.0 Å². The van der Waals surface area contributed by atoms with Crippen LogP contribution in [0.3, 0.4) is 0 Å². The van der Waals surface area contributed by atoms with Gasteiger partial charge in [0.15, 0.2) is 5.76 Å². The van der Waals surface area contributed by atoms with E-state index in [2.05, 4.69) is 5.32 Å². The van der Waals surface area contributed by atoms with Gasteiger partial charge in [-0.25, -0.2) is 0 Å². The number of furan rings is 1. The van der Waals surface area contributed by atoms with Crippen LogP contribution >= 0.6 is 34.5 Å². The first-order chi connectivity index (χ1) is 13.9. The number of rotatable bonds is 4. The number of hydrogen-bond donors (Lipinski definition) is 2. The predicted octanol–water partition coefficient (Wildman–Crippen LogP) is 5.94. The minimum Gasteiger partial charge on any atom is -0.451 e. The van der Waals surface area contributed by atoms with E-state index < -0.39 is 11.8 Å². The second-order valence-corrected chi connectivity index (χ2v) is 8.82. The number of carbonyl (C=O) groups excluding carboxylic acids is 2. The minimum absolute atomic E-state index is 0.116. The van der Waals surface area contributed by atoms with Crippen LogP contribution < -0.4 is 11.1 Å². The van der Waals surface area contributed by atoms with Gasteiger partial charge in [-0.2, -0.15) is 0 Å². The fraction of sp³-hybridized carbons (Fsp3) is 0.238. The van der Waals surface area contributed by atoms with Gasteiger partial charge in [0.1, 0.15) is 10.8 Å². The van der Waals surface area contributed by atoms with Gasteiger partial charge < -0.3 is 15.5 Å². The molecule has 0 bridgehead atoms. The van der Waals surface area contributed by atoms with Gasteiger partial charge in [0, 0.05) is 15.5 Å². The Morgan fingerprint density at radius 2 is 1.86 bits per heavy atom. The highest BCUT2D eigenvalue weighted by molar-refractivity contribution is 7.17. The smallest absolute Gasteiger partial charge is 0.292 e. The molecule has 1 aliphatic carbocycles. The lowest BCUT2D eigenvalue weighted by Crippen LogP contribution is -2.17. The summed E-state index contributed by atoms with van der Waals surface area (Å²) < 4.78 is 5.70. The van der Waals surface area contributed by atoms with E-state index in [0.29, 0.717) is 31.9 Å². The van der Waals surface area contributed by atoms with Gasteiger partial charge in [-0.15, -0.1) is 11.3 Å². The highest BCUT2D eigenvalue weighted by atomic mass is 35.5. The molecular weight excluding hydrogens is 431 g/mol. The largest absolute Gasteiger partial charge is 0.451 e. The molecule has 0 spiro atoms. The van der Waals surface area contributed by atoms with Crippen molar-refractivity contribution in [2.24, 2.45) is 5.73 Å². The summed E-state index contributed by atoms with van der Waals surface area (Å²) in [5, 5.41) is 4.23. The van der Waals surface area contributed by atoms with E-state index in [4.69, 9.17) is 33.4 Å². The standard InChI is InChI=1S/C21H18Cl2N2O3S/c22-11-6-7-12(14(23)10-11)15-8-9-16(28-15)20(27)25-21-18(19(24)26)13-4-2-1-3-5-17(13)29-21/h6-10H,1-5H2,(H2,24,26)(H,25,27). The Hall–Kier alpha value is -2.28. The number of nitrogens with one attached hydrogen (secondary N) is 1. The molecule has 0 radical (unpaired) electrons. The maximum atomic E-state index is 12.7. The molecule has 0 saturated heterocycles. The molecule has 2 aromatic heterocycles. The summed E-state index contributed by atoms with van der Waals surface area (Å²) in [6.45, 7) is 0. The molecule has 3 aromatic rings. The van der Waals surface area contributed by atoms with Gasteiger partial charge in [-0.3, -0.25) is 9.59 Å². The molecule has 5 nitrogen and oxygen atoms in total. The highest BCUT2D eigenvalue weighted by Gasteiger charge is 2.25. The first-order valence-corrected chi connectivity index (χ1v) is 10.8. The Bertz CT molecular complexity index is 1100. The zero-order valence-corrected chi connectivity index (χ0v) is 17.7. The average Bonchev–Trinajstić information content (AvgIpc) is 3.21. The number of hydrogen-bond acceptors (Lipinski definition) is 4. The summed E-state index contributed by atoms with van der Waals surface area (Å²) in [6, 6.07) is 8.27. The Kier molecular flexibility index (Phi) is 5.67. The summed E-state index contributed by atoms with van der Waals surface area (Å²) in [7, 11) is 0. The Morgan fingerprint density at radius 1 is 1.07 bits per heavy atom. The molecule has 0 fully saturated rings. The SMILES string of the molecule is NC(=O)c1c(NC(=O)c2ccc(-c3ccc(Cl)cc3Cl)o2)sc2c1CCCCC2. The third-order valence-electron chi connectivity index (χ3n) is 4.92. The quantitative estimate of drug-likeness (QED) is 0.484. The summed E-state index contributed by atoms with van der Waals surface area (Å²) in [6.07, 6.45) is 4.92. The van der Waals surface area contributed by atoms with Crippen molar-refractivity contribution in [2.75, 3.05) is 5.32 Å². The molecule has 4 rings (SSSR count). The third kappa shape index (κ3) is 4.06. The number of aryl methyl sites for hydroxylation is 1. The van der Waals surface area contributed by atoms with Crippen molar-refractivity contribution < 1.29 is 14.0 Å². The van der Waals surface area contributed by atoms with Crippen LogP contribution in [0.1, 0.15) is 50.6 Å². The van der Waals surface area contributed by atoms with Crippen LogP contribution in [-0.4, -0.2) is 11.8 Å². The molecule has 0 atom stereocenters. The zero-order chi connectivity index (χ0) is 20.5. The topological polar surface area (TPSA) is 85.3 Å². The summed E-state index contributed by atoms with van der Waals surface area (Å²) in [5.74, 6) is -0.396. The monoisotopic (exact) mass is 448 g/mol. The molecule has 150 valence electrons. The van der Waals surface area contributed by atoms with Gasteiger partial charge in [-0.05, 0) is 61.6 Å². The molecule has 8 heteroatoms. The highest BCUT2D eigenvalue weighted by Crippen LogP contribution is 2.38. The first-order valence-electron chi connectivity index (χ1n) is 9.25. The number of anilines is 1. The molecule has 2 amide bonds. The Labute approximate surface area is 181 Å². The van der Waals surface area contributed by atoms with Gasteiger partial charge >= 0.3 is 0 Å². The maximum Gasteiger partial charge on any atom is 0.292 e. The van der Waals surface area contributed by atoms with Crippen LogP contribution in [0.4, 0.5) is 5.00 Å². The lowest BCUT2D eigenvalue weighted by atomic mass is 10.1. The molecule has 29 heavy (non-hydrogen) atoms. The fourth-order valence-corrected chi connectivity index (χ4v) is 5.34. The van der Waals surface area contributed by atoms with Crippen molar-refractivity contribution in [1.82, 2.24) is 0 Å². The van der Waals surface area contributed by atoms with Crippen molar-refractivity contribution in [3.63, 3.8) is 0 Å². The normalized spacial score (nSPS) is 13.6. The Morgan fingerprint density at radius 3 is 2.62 bits per heavy atom. The number of amides is 2. The number of nitrogens with two attached hydrogens (primary N) is 1. The maximum absolute atomic E-state index is 12.7. The second-order valence-electron chi connectivity index (χ2n) is 6.88. The van der Waals surface area contributed by atoms with Crippen molar-refractivity contribution in [3.8, 4) is 11.3 Å². The van der Waals surface area contributed by atoms with E-state index in [1.165, 1.54) is 11.3 Å². The van der Waals surface area contributed by atoms with Crippen molar-refractivity contribution >= 4 is 51.4 Å². The number of thiophene rings is 1. The lowest BCUT2D eigenvalue weighted by molar-refractivity contribution is 0.0997. The number of primary amides is 1. The van der Waals surface area contributed by atoms with E-state index >= 15 is 0 Å². The Balaban J connectivity index is 1.61. The van der Waals surface area contributed by atoms with Crippen LogP contribution in [0, 0.1) is 0 Å². The van der Waals surface area contributed by atoms with Gasteiger partial charge in [0.25, 0.3) is 11.8 Å². The average molecular weight is 449 g/mol. The van der Waals surface area contributed by atoms with Gasteiger partial charge in [0.05, 0.1) is 10.6 Å². The van der Waals surface area contributed by atoms with E-state index in [0.717, 1.165) is 42.5 Å². The zero-order valence-electron chi connectivity index (χ0n) is 15.4. The van der Waals surface area contributed by atoms with Gasteiger partial charge in [-0.1, -0.05) is 29.6 Å². The van der Waals surface area contributed by atoms with Crippen molar-refractivity contribution in [2.45, 2.75) is 32.1 Å². The minimum atomic E-state index is -0.521. The summed E-state index contributed by atoms with van der Waals surface area (Å²) >= 11 is 13.6. The molecular formula is C21H18Cl2N2O3S. The molecule has 3 N–H and O–H groups in total. The van der Waals surface area contributed by atoms with Crippen molar-refractivity contribution in [3.05, 3.63) is 62.1 Å². The molecule has 2 heterocycles. The van der Waals surface area contributed by atoms with Crippen molar-refractivity contribution in [1.29, 1.82) is 0 Å². The van der Waals surface area contributed by atoms with E-state index in [1.54, 1.807) is 30.3 Å². The molecule has 1 aliphatic rings. The molecule has 0 unspecified atom stereocenters. The van der Waals surface area contributed by atoms with Crippen LogP contribution in [0.5, 0.6) is 0 Å². The predicted molar refractivity (Wildman–Crippen MR) is 116 cm³/mol. The molecule has 1 aromatic carbocycles. The van der Waals surface area contributed by atoms with Gasteiger partial charge in [0.2, 0.25) is 0 Å². The third-order valence-corrected chi connectivity index (χ3v) is 6.68. The number of halogens is 2. The van der Waals surface area contributed by atoms with E-state index in [-0.39, 0.29) is 5.76 Å². The molecule has 0 saturated carbocycles. The summed E-state index contributed by atoms with van der Waals surface area (Å²) in [5.41, 5.74) is 7.66. The lowest BCUT2D eigenvalue weighted by Gasteiger charge is -2.05. The van der Waals surface area contributed by atoms with E-state index in [9.17, 15) is 9.59 Å². The van der Waals surface area contributed by atoms with Crippen LogP contribution in [-0.2, 0) is 12.8 Å². The molecule has 0 aliphatic heterocycles. The van der Waals surface area contributed by atoms with E-state index in [1.807, 2.05) is 0 Å². The van der Waals surface area contributed by atoms with Crippen LogP contribution in [0.15, 0.2) is 34.7 Å². The fourth-order valence-electron chi connectivity index (χ4n) is 3.55. The number of carbonyl (C=O) groups is 2. The van der Waals surface area contributed by atoms with Crippen LogP contribution in [0.25, 0.3) is 11.3 Å². The first kappa shape index (κ1) is 20.0. The summed E-state index contributed by atoms with van der Waals surface area (Å²) in [4.78, 5) is 25.9.